The molecule has 2 heteroatoms. The molecule has 1 N–H and O–H groups in total. The van der Waals surface area contributed by atoms with Crippen LogP contribution in [0.5, 0.6) is 0 Å². The van der Waals surface area contributed by atoms with Crippen LogP contribution in [0.2, 0.25) is 0 Å². The lowest BCUT2D eigenvalue weighted by Gasteiger charge is -2.15. The van der Waals surface area contributed by atoms with E-state index in [1.807, 2.05) is 11.3 Å². The number of hydrogen-bond donors (Lipinski definition) is 1. The summed E-state index contributed by atoms with van der Waals surface area (Å²) >= 11 is 1.85. The van der Waals surface area contributed by atoms with E-state index in [-0.39, 0.29) is 0 Å². The first-order chi connectivity index (χ1) is 6.88. The van der Waals surface area contributed by atoms with E-state index in [1.165, 1.54) is 30.6 Å². The monoisotopic (exact) mass is 209 g/mol. The van der Waals surface area contributed by atoms with E-state index in [9.17, 15) is 0 Å². The number of nitrogens with one attached hydrogen (secondary N) is 1. The minimum absolute atomic E-state index is 0.740. The summed E-state index contributed by atoms with van der Waals surface area (Å²) in [6.45, 7) is 3.34. The van der Waals surface area contributed by atoms with Crippen LogP contribution < -0.4 is 5.32 Å². The van der Waals surface area contributed by atoms with Crippen molar-refractivity contribution in [2.75, 3.05) is 0 Å². The van der Waals surface area contributed by atoms with Gasteiger partial charge < -0.3 is 5.32 Å². The van der Waals surface area contributed by atoms with Crippen LogP contribution in [0.25, 0.3) is 0 Å². The molecule has 1 fully saturated rings. The quantitative estimate of drug-likeness (QED) is 0.757. The van der Waals surface area contributed by atoms with Gasteiger partial charge in [0.15, 0.2) is 0 Å². The van der Waals surface area contributed by atoms with E-state index in [1.54, 1.807) is 0 Å². The third-order valence-corrected chi connectivity index (χ3v) is 3.83. The highest BCUT2D eigenvalue weighted by molar-refractivity contribution is 7.09. The molecule has 78 valence electrons. The van der Waals surface area contributed by atoms with E-state index in [2.05, 4.69) is 29.8 Å². The zero-order valence-electron chi connectivity index (χ0n) is 8.83. The number of rotatable bonds is 6. The van der Waals surface area contributed by atoms with Crippen LogP contribution in [0.15, 0.2) is 17.5 Å². The van der Waals surface area contributed by atoms with Gasteiger partial charge >= 0.3 is 0 Å². The SMILES string of the molecule is CCC(CC1CC1)NCc1cccs1. The summed E-state index contributed by atoms with van der Waals surface area (Å²) in [5.74, 6) is 1.04. The molecule has 0 amide bonds. The van der Waals surface area contributed by atoms with Crippen molar-refractivity contribution in [2.24, 2.45) is 5.92 Å². The maximum atomic E-state index is 3.65. The van der Waals surface area contributed by atoms with Gasteiger partial charge in [0.05, 0.1) is 0 Å². The average Bonchev–Trinajstić information content (AvgIpc) is 2.86. The predicted molar refractivity (Wildman–Crippen MR) is 62.6 cm³/mol. The van der Waals surface area contributed by atoms with Crippen molar-refractivity contribution in [1.29, 1.82) is 0 Å². The molecule has 1 unspecified atom stereocenters. The third-order valence-electron chi connectivity index (χ3n) is 2.95. The van der Waals surface area contributed by atoms with Crippen molar-refractivity contribution in [3.63, 3.8) is 0 Å². The van der Waals surface area contributed by atoms with Crippen LogP contribution in [0.3, 0.4) is 0 Å². The van der Waals surface area contributed by atoms with Gasteiger partial charge in [-0.3, -0.25) is 0 Å². The van der Waals surface area contributed by atoms with Crippen LogP contribution >= 0.6 is 11.3 Å². The lowest BCUT2D eigenvalue weighted by atomic mass is 10.1. The zero-order valence-corrected chi connectivity index (χ0v) is 9.65. The molecule has 0 bridgehead atoms. The summed E-state index contributed by atoms with van der Waals surface area (Å²) in [6, 6.07) is 5.08. The summed E-state index contributed by atoms with van der Waals surface area (Å²) in [4.78, 5) is 1.46. The lowest BCUT2D eigenvalue weighted by molar-refractivity contribution is 0.446. The van der Waals surface area contributed by atoms with Crippen molar-refractivity contribution in [1.82, 2.24) is 5.32 Å². The van der Waals surface area contributed by atoms with Crippen LogP contribution in [0.1, 0.15) is 37.5 Å². The smallest absolute Gasteiger partial charge is 0.0302 e. The average molecular weight is 209 g/mol. The van der Waals surface area contributed by atoms with Gasteiger partial charge in [-0.2, -0.15) is 0 Å². The highest BCUT2D eigenvalue weighted by Crippen LogP contribution is 2.34. The third kappa shape index (κ3) is 3.10. The Balaban J connectivity index is 1.71. The molecule has 2 rings (SSSR count). The lowest BCUT2D eigenvalue weighted by Crippen LogP contribution is -2.28. The molecule has 14 heavy (non-hydrogen) atoms. The van der Waals surface area contributed by atoms with Gasteiger partial charge in [-0.25, -0.2) is 0 Å². The number of thiophene rings is 1. The molecule has 1 aliphatic rings. The molecule has 1 aliphatic carbocycles. The van der Waals surface area contributed by atoms with Crippen molar-refractivity contribution < 1.29 is 0 Å². The highest BCUT2D eigenvalue weighted by Gasteiger charge is 2.24. The molecule has 1 aromatic rings. The Labute approximate surface area is 90.5 Å². The van der Waals surface area contributed by atoms with Gasteiger partial charge in [-0.05, 0) is 30.2 Å². The molecule has 1 aromatic heterocycles. The first-order valence-corrected chi connectivity index (χ1v) is 6.52. The van der Waals surface area contributed by atoms with Crippen molar-refractivity contribution in [2.45, 2.75) is 45.2 Å². The fraction of sp³-hybridized carbons (Fsp3) is 0.667. The minimum atomic E-state index is 0.740. The summed E-state index contributed by atoms with van der Waals surface area (Å²) in [5.41, 5.74) is 0. The summed E-state index contributed by atoms with van der Waals surface area (Å²) in [5, 5.41) is 5.81. The van der Waals surface area contributed by atoms with Gasteiger partial charge in [-0.1, -0.05) is 25.8 Å². The molecule has 0 radical (unpaired) electrons. The Morgan fingerprint density at radius 2 is 2.43 bits per heavy atom. The Kier molecular flexibility index (Phi) is 3.60. The summed E-state index contributed by atoms with van der Waals surface area (Å²) in [6.07, 6.45) is 5.60. The Hall–Kier alpha value is -0.340. The van der Waals surface area contributed by atoms with Crippen LogP contribution in [-0.4, -0.2) is 6.04 Å². The maximum Gasteiger partial charge on any atom is 0.0302 e. The maximum absolute atomic E-state index is 3.65. The first-order valence-electron chi connectivity index (χ1n) is 5.64. The van der Waals surface area contributed by atoms with Crippen LogP contribution in [0, 0.1) is 5.92 Å². The van der Waals surface area contributed by atoms with Crippen molar-refractivity contribution in [3.05, 3.63) is 22.4 Å². The van der Waals surface area contributed by atoms with Crippen LogP contribution in [-0.2, 0) is 6.54 Å². The second-order valence-corrected chi connectivity index (χ2v) is 5.28. The molecule has 1 heterocycles. The fourth-order valence-corrected chi connectivity index (χ4v) is 2.46. The molecule has 0 aromatic carbocycles. The van der Waals surface area contributed by atoms with E-state index in [4.69, 9.17) is 0 Å². The van der Waals surface area contributed by atoms with Gasteiger partial charge in [0, 0.05) is 17.5 Å². The highest BCUT2D eigenvalue weighted by atomic mass is 32.1. The molecule has 1 atom stereocenters. The number of hydrogen-bond acceptors (Lipinski definition) is 2. The van der Waals surface area contributed by atoms with Crippen molar-refractivity contribution in [3.8, 4) is 0 Å². The standard InChI is InChI=1S/C12H19NS/c1-2-11(8-10-5-6-10)13-9-12-4-3-7-14-12/h3-4,7,10-11,13H,2,5-6,8-9H2,1H3. The fourth-order valence-electron chi connectivity index (χ4n) is 1.81. The summed E-state index contributed by atoms with van der Waals surface area (Å²) < 4.78 is 0. The van der Waals surface area contributed by atoms with E-state index < -0.39 is 0 Å². The largest absolute Gasteiger partial charge is 0.309 e. The van der Waals surface area contributed by atoms with Crippen molar-refractivity contribution >= 4 is 11.3 Å². The second-order valence-electron chi connectivity index (χ2n) is 4.24. The molecule has 0 spiro atoms. The van der Waals surface area contributed by atoms with Crippen LogP contribution in [0.4, 0.5) is 0 Å². The topological polar surface area (TPSA) is 12.0 Å². The van der Waals surface area contributed by atoms with E-state index >= 15 is 0 Å². The normalized spacial score (nSPS) is 18.4. The van der Waals surface area contributed by atoms with Gasteiger partial charge in [0.2, 0.25) is 0 Å². The molecule has 0 saturated heterocycles. The predicted octanol–water partition coefficient (Wildman–Crippen LogP) is 3.42. The first kappa shape index (κ1) is 10.2. The molecule has 1 nitrogen and oxygen atoms in total. The second kappa shape index (κ2) is 4.94. The summed E-state index contributed by atoms with van der Waals surface area (Å²) in [7, 11) is 0. The molecular weight excluding hydrogens is 190 g/mol. The molecule has 1 saturated carbocycles. The zero-order chi connectivity index (χ0) is 9.80. The molecular formula is C12H19NS. The van der Waals surface area contributed by atoms with E-state index in [0.717, 1.165) is 18.5 Å². The van der Waals surface area contributed by atoms with Gasteiger partial charge in [0.25, 0.3) is 0 Å². The van der Waals surface area contributed by atoms with Gasteiger partial charge in [0.1, 0.15) is 0 Å². The Morgan fingerprint density at radius 3 is 3.00 bits per heavy atom. The molecule has 0 aliphatic heterocycles. The van der Waals surface area contributed by atoms with E-state index in [0.29, 0.717) is 0 Å². The van der Waals surface area contributed by atoms with Gasteiger partial charge in [-0.15, -0.1) is 11.3 Å². The Morgan fingerprint density at radius 1 is 1.57 bits per heavy atom. The Bertz CT molecular complexity index is 251. The minimum Gasteiger partial charge on any atom is -0.309 e.